The first-order chi connectivity index (χ1) is 10.2. The van der Waals surface area contributed by atoms with Crippen LogP contribution < -0.4 is 10.6 Å². The number of carbonyl (C=O) groups excluding carboxylic acids is 2. The van der Waals surface area contributed by atoms with Crippen LogP contribution in [-0.2, 0) is 16.1 Å². The monoisotopic (exact) mass is 289 g/mol. The Hall–Kier alpha value is -2.15. The average Bonchev–Trinajstić information content (AvgIpc) is 2.52. The summed E-state index contributed by atoms with van der Waals surface area (Å²) in [4.78, 5) is 31.9. The Labute approximate surface area is 123 Å². The highest BCUT2D eigenvalue weighted by atomic mass is 16.2. The van der Waals surface area contributed by atoms with Gasteiger partial charge in [0, 0.05) is 45.0 Å². The number of anilines is 1. The fourth-order valence-electron chi connectivity index (χ4n) is 2.92. The van der Waals surface area contributed by atoms with E-state index in [2.05, 4.69) is 20.5 Å². The topological polar surface area (TPSA) is 77.6 Å². The molecule has 3 heterocycles. The molecule has 0 aromatic carbocycles. The molecule has 112 valence electrons. The van der Waals surface area contributed by atoms with Gasteiger partial charge in [-0.2, -0.15) is 0 Å². The number of pyridine rings is 1. The third-order valence-corrected chi connectivity index (χ3v) is 4.02. The second-order valence-corrected chi connectivity index (χ2v) is 5.32. The Balaban J connectivity index is 1.71. The average molecular weight is 289 g/mol. The first kappa shape index (κ1) is 13.8. The van der Waals surface area contributed by atoms with Crippen molar-refractivity contribution in [1.82, 2.24) is 20.1 Å². The second-order valence-electron chi connectivity index (χ2n) is 5.32. The highest BCUT2D eigenvalue weighted by molar-refractivity contribution is 5.95. The molecule has 2 saturated heterocycles. The summed E-state index contributed by atoms with van der Waals surface area (Å²) in [5.41, 5.74) is 1.09. The fourth-order valence-corrected chi connectivity index (χ4v) is 2.92. The molecule has 2 N–H and O–H groups in total. The van der Waals surface area contributed by atoms with Crippen molar-refractivity contribution in [2.24, 2.45) is 0 Å². The molecular weight excluding hydrogens is 270 g/mol. The number of piperazine rings is 2. The van der Waals surface area contributed by atoms with Crippen molar-refractivity contribution >= 4 is 17.6 Å². The molecule has 0 aliphatic carbocycles. The molecule has 1 atom stereocenters. The van der Waals surface area contributed by atoms with Crippen molar-refractivity contribution < 1.29 is 9.59 Å². The molecule has 1 unspecified atom stereocenters. The molecular formula is C14H19N5O2. The lowest BCUT2D eigenvalue weighted by Gasteiger charge is -2.43. The van der Waals surface area contributed by atoms with E-state index in [1.807, 2.05) is 19.2 Å². The van der Waals surface area contributed by atoms with Gasteiger partial charge in [0.1, 0.15) is 11.9 Å². The molecule has 2 aliphatic rings. The van der Waals surface area contributed by atoms with E-state index in [0.29, 0.717) is 13.1 Å². The zero-order valence-corrected chi connectivity index (χ0v) is 12.0. The van der Waals surface area contributed by atoms with Crippen LogP contribution in [0.5, 0.6) is 0 Å². The molecule has 1 aromatic rings. The van der Waals surface area contributed by atoms with E-state index in [1.54, 1.807) is 11.1 Å². The largest absolute Gasteiger partial charge is 0.373 e. The van der Waals surface area contributed by atoms with Gasteiger partial charge in [0.2, 0.25) is 11.8 Å². The molecule has 3 rings (SSSR count). The van der Waals surface area contributed by atoms with E-state index in [0.717, 1.165) is 24.5 Å². The maximum Gasteiger partial charge on any atom is 0.244 e. The van der Waals surface area contributed by atoms with Crippen molar-refractivity contribution in [3.63, 3.8) is 0 Å². The number of aromatic nitrogens is 1. The van der Waals surface area contributed by atoms with Crippen LogP contribution in [0.2, 0.25) is 0 Å². The molecule has 0 saturated carbocycles. The van der Waals surface area contributed by atoms with Gasteiger partial charge in [-0.1, -0.05) is 6.07 Å². The van der Waals surface area contributed by atoms with Gasteiger partial charge in [-0.15, -0.1) is 0 Å². The summed E-state index contributed by atoms with van der Waals surface area (Å²) in [5, 5.41) is 5.73. The van der Waals surface area contributed by atoms with Crippen LogP contribution in [0.25, 0.3) is 0 Å². The molecule has 21 heavy (non-hydrogen) atoms. The highest BCUT2D eigenvalue weighted by Crippen LogP contribution is 2.18. The Morgan fingerprint density at radius 2 is 2.29 bits per heavy atom. The Kier molecular flexibility index (Phi) is 3.74. The van der Waals surface area contributed by atoms with Crippen LogP contribution in [-0.4, -0.2) is 65.9 Å². The zero-order chi connectivity index (χ0) is 14.8. The number of nitrogens with one attached hydrogen (secondary N) is 2. The Bertz CT molecular complexity index is 562. The van der Waals surface area contributed by atoms with Gasteiger partial charge in [-0.05, 0) is 6.07 Å². The first-order valence-corrected chi connectivity index (χ1v) is 7.10. The standard InChI is InChI=1S/C14H19N5O2/c1-15-13-10(3-2-4-16-13)8-18-5-6-19-11(9-18)14(21)17-7-12(19)20/h2-4,11H,5-9H2,1H3,(H,15,16)(H,17,21). The summed E-state index contributed by atoms with van der Waals surface area (Å²) in [7, 11) is 1.84. The van der Waals surface area contributed by atoms with Crippen LogP contribution >= 0.6 is 0 Å². The van der Waals surface area contributed by atoms with Crippen LogP contribution in [0.4, 0.5) is 5.82 Å². The van der Waals surface area contributed by atoms with E-state index >= 15 is 0 Å². The van der Waals surface area contributed by atoms with Gasteiger partial charge in [-0.25, -0.2) is 4.98 Å². The molecule has 0 radical (unpaired) electrons. The number of amides is 2. The Morgan fingerprint density at radius 1 is 1.43 bits per heavy atom. The summed E-state index contributed by atoms with van der Waals surface area (Å²) < 4.78 is 0. The van der Waals surface area contributed by atoms with Crippen molar-refractivity contribution in [2.75, 3.05) is 38.5 Å². The van der Waals surface area contributed by atoms with Gasteiger partial charge in [0.05, 0.1) is 6.54 Å². The predicted molar refractivity (Wildman–Crippen MR) is 77.6 cm³/mol. The van der Waals surface area contributed by atoms with Gasteiger partial charge in [0.15, 0.2) is 0 Å². The summed E-state index contributed by atoms with van der Waals surface area (Å²) >= 11 is 0. The third-order valence-electron chi connectivity index (χ3n) is 4.02. The smallest absolute Gasteiger partial charge is 0.244 e. The van der Waals surface area contributed by atoms with Crippen molar-refractivity contribution in [2.45, 2.75) is 12.6 Å². The predicted octanol–water partition coefficient (Wildman–Crippen LogP) is -0.734. The summed E-state index contributed by atoms with van der Waals surface area (Å²) in [6, 6.07) is 3.57. The van der Waals surface area contributed by atoms with Crippen molar-refractivity contribution in [3.8, 4) is 0 Å². The summed E-state index contributed by atoms with van der Waals surface area (Å²) in [6.07, 6.45) is 1.75. The molecule has 0 spiro atoms. The number of carbonyl (C=O) groups is 2. The van der Waals surface area contributed by atoms with Crippen LogP contribution in [0, 0.1) is 0 Å². The SMILES string of the molecule is CNc1ncccc1CN1CCN2C(=O)CNC(=O)C2C1. The molecule has 2 aliphatic heterocycles. The minimum absolute atomic E-state index is 0.0107. The number of hydrogen-bond acceptors (Lipinski definition) is 5. The van der Waals surface area contributed by atoms with Crippen LogP contribution in [0.15, 0.2) is 18.3 Å². The number of hydrogen-bond donors (Lipinski definition) is 2. The van der Waals surface area contributed by atoms with E-state index in [1.165, 1.54) is 0 Å². The number of nitrogens with zero attached hydrogens (tertiary/aromatic N) is 3. The van der Waals surface area contributed by atoms with Crippen LogP contribution in [0.1, 0.15) is 5.56 Å². The van der Waals surface area contributed by atoms with Gasteiger partial charge in [0.25, 0.3) is 0 Å². The molecule has 7 heteroatoms. The molecule has 2 fully saturated rings. The van der Waals surface area contributed by atoms with Gasteiger partial charge < -0.3 is 15.5 Å². The van der Waals surface area contributed by atoms with E-state index in [4.69, 9.17) is 0 Å². The molecule has 1 aromatic heterocycles. The minimum atomic E-state index is -0.366. The van der Waals surface area contributed by atoms with Crippen molar-refractivity contribution in [1.29, 1.82) is 0 Å². The highest BCUT2D eigenvalue weighted by Gasteiger charge is 2.38. The lowest BCUT2D eigenvalue weighted by molar-refractivity contribution is -0.149. The molecule has 7 nitrogen and oxygen atoms in total. The van der Waals surface area contributed by atoms with E-state index in [9.17, 15) is 9.59 Å². The lowest BCUT2D eigenvalue weighted by atomic mass is 10.1. The van der Waals surface area contributed by atoms with E-state index in [-0.39, 0.29) is 24.4 Å². The second kappa shape index (κ2) is 5.69. The number of rotatable bonds is 3. The van der Waals surface area contributed by atoms with Crippen molar-refractivity contribution in [3.05, 3.63) is 23.9 Å². The summed E-state index contributed by atoms with van der Waals surface area (Å²) in [5.74, 6) is 0.806. The normalized spacial score (nSPS) is 22.7. The Morgan fingerprint density at radius 3 is 3.10 bits per heavy atom. The lowest BCUT2D eigenvalue weighted by Crippen LogP contribution is -2.65. The summed E-state index contributed by atoms with van der Waals surface area (Å²) in [6.45, 7) is 2.78. The third kappa shape index (κ3) is 2.69. The molecule has 0 bridgehead atoms. The van der Waals surface area contributed by atoms with Gasteiger partial charge >= 0.3 is 0 Å². The number of fused-ring (bicyclic) bond motifs is 1. The minimum Gasteiger partial charge on any atom is -0.373 e. The van der Waals surface area contributed by atoms with Crippen LogP contribution in [0.3, 0.4) is 0 Å². The quantitative estimate of drug-likeness (QED) is 0.767. The maximum atomic E-state index is 11.9. The fraction of sp³-hybridized carbons (Fsp3) is 0.500. The first-order valence-electron chi connectivity index (χ1n) is 7.10. The van der Waals surface area contributed by atoms with Gasteiger partial charge in [-0.3, -0.25) is 14.5 Å². The maximum absolute atomic E-state index is 11.9. The molecule has 2 amide bonds. The van der Waals surface area contributed by atoms with E-state index < -0.39 is 0 Å². The zero-order valence-electron chi connectivity index (χ0n) is 12.0.